The number of para-hydroxylation sites is 2. The highest BCUT2D eigenvalue weighted by molar-refractivity contribution is 5.99. The van der Waals surface area contributed by atoms with E-state index in [-0.39, 0.29) is 5.91 Å². The molecule has 0 bridgehead atoms. The Morgan fingerprint density at radius 2 is 1.67 bits per heavy atom. The first-order valence-corrected chi connectivity index (χ1v) is 5.55. The van der Waals surface area contributed by atoms with Gasteiger partial charge in [0.2, 0.25) is 0 Å². The normalized spacial score (nSPS) is 9.83. The molecule has 2 aromatic carbocycles. The van der Waals surface area contributed by atoms with Gasteiger partial charge in [0.05, 0.1) is 18.4 Å². The van der Waals surface area contributed by atoms with Crippen LogP contribution in [0.5, 0.6) is 0 Å². The number of hydroxylamine groups is 1. The zero-order chi connectivity index (χ0) is 12.8. The topological polar surface area (TPSA) is 50.4 Å². The molecule has 0 unspecified atom stereocenters. The van der Waals surface area contributed by atoms with Gasteiger partial charge in [-0.25, -0.2) is 5.48 Å². The van der Waals surface area contributed by atoms with Crippen LogP contribution in [0.4, 0.5) is 11.4 Å². The van der Waals surface area contributed by atoms with Crippen LogP contribution in [0, 0.1) is 0 Å². The smallest absolute Gasteiger partial charge is 0.276 e. The van der Waals surface area contributed by atoms with E-state index in [1.54, 1.807) is 12.1 Å². The first kappa shape index (κ1) is 12.1. The van der Waals surface area contributed by atoms with Crippen LogP contribution in [0.2, 0.25) is 0 Å². The van der Waals surface area contributed by atoms with E-state index in [4.69, 9.17) is 0 Å². The molecule has 4 nitrogen and oxygen atoms in total. The largest absolute Gasteiger partial charge is 0.355 e. The maximum atomic E-state index is 11.8. The van der Waals surface area contributed by atoms with Gasteiger partial charge in [0.1, 0.15) is 0 Å². The summed E-state index contributed by atoms with van der Waals surface area (Å²) in [6, 6.07) is 16.9. The average Bonchev–Trinajstić information content (AvgIpc) is 2.41. The predicted octanol–water partition coefficient (Wildman–Crippen LogP) is 2.72. The van der Waals surface area contributed by atoms with E-state index < -0.39 is 0 Å². The van der Waals surface area contributed by atoms with Crippen molar-refractivity contribution in [3.8, 4) is 0 Å². The number of amides is 1. The van der Waals surface area contributed by atoms with Crippen molar-refractivity contribution in [3.63, 3.8) is 0 Å². The van der Waals surface area contributed by atoms with Crippen LogP contribution in [0.3, 0.4) is 0 Å². The van der Waals surface area contributed by atoms with Crippen LogP contribution in [0.25, 0.3) is 0 Å². The molecular weight excluding hydrogens is 228 g/mol. The summed E-state index contributed by atoms with van der Waals surface area (Å²) < 4.78 is 0. The molecule has 0 heterocycles. The highest BCUT2D eigenvalue weighted by atomic mass is 16.6. The lowest BCUT2D eigenvalue weighted by molar-refractivity contribution is 0.0538. The number of hydrogen-bond acceptors (Lipinski definition) is 3. The number of carbonyl (C=O) groups excluding carboxylic acids is 1. The molecule has 0 aliphatic rings. The zero-order valence-electron chi connectivity index (χ0n) is 10.0. The number of carbonyl (C=O) groups is 1. The number of rotatable bonds is 4. The van der Waals surface area contributed by atoms with E-state index in [0.717, 1.165) is 11.4 Å². The van der Waals surface area contributed by atoms with E-state index in [1.807, 2.05) is 42.5 Å². The van der Waals surface area contributed by atoms with Crippen molar-refractivity contribution in [2.75, 3.05) is 12.4 Å². The summed E-state index contributed by atoms with van der Waals surface area (Å²) in [5, 5.41) is 3.20. The molecule has 0 aliphatic heterocycles. The molecule has 2 rings (SSSR count). The SMILES string of the molecule is CONC(=O)c1ccccc1Nc1ccccc1. The molecular formula is C14H14N2O2. The third-order valence-corrected chi connectivity index (χ3v) is 2.42. The van der Waals surface area contributed by atoms with E-state index in [1.165, 1.54) is 7.11 Å². The molecule has 4 heteroatoms. The summed E-state index contributed by atoms with van der Waals surface area (Å²) >= 11 is 0. The predicted molar refractivity (Wildman–Crippen MR) is 70.6 cm³/mol. The summed E-state index contributed by atoms with van der Waals surface area (Å²) in [5.41, 5.74) is 4.50. The molecule has 2 aromatic rings. The fourth-order valence-corrected chi connectivity index (χ4v) is 1.61. The van der Waals surface area contributed by atoms with Crippen molar-refractivity contribution in [1.29, 1.82) is 0 Å². The Kier molecular flexibility index (Phi) is 3.94. The molecule has 1 amide bonds. The quantitative estimate of drug-likeness (QED) is 0.810. The van der Waals surface area contributed by atoms with Crippen molar-refractivity contribution in [3.05, 3.63) is 60.2 Å². The van der Waals surface area contributed by atoms with Gasteiger partial charge in [-0.1, -0.05) is 30.3 Å². The molecule has 0 fully saturated rings. The van der Waals surface area contributed by atoms with Crippen LogP contribution < -0.4 is 10.8 Å². The van der Waals surface area contributed by atoms with Gasteiger partial charge >= 0.3 is 0 Å². The first-order valence-electron chi connectivity index (χ1n) is 5.55. The molecule has 0 radical (unpaired) electrons. The molecule has 0 saturated carbocycles. The maximum Gasteiger partial charge on any atom is 0.276 e. The van der Waals surface area contributed by atoms with Gasteiger partial charge in [0.15, 0.2) is 0 Å². The third kappa shape index (κ3) is 2.87. The molecule has 18 heavy (non-hydrogen) atoms. The van der Waals surface area contributed by atoms with Crippen LogP contribution in [-0.4, -0.2) is 13.0 Å². The van der Waals surface area contributed by atoms with Crippen LogP contribution in [0.1, 0.15) is 10.4 Å². The summed E-state index contributed by atoms with van der Waals surface area (Å²) in [7, 11) is 1.41. The van der Waals surface area contributed by atoms with Gasteiger partial charge in [-0.3, -0.25) is 9.63 Å². The molecule has 0 spiro atoms. The standard InChI is InChI=1S/C14H14N2O2/c1-18-16-14(17)12-9-5-6-10-13(12)15-11-7-3-2-4-8-11/h2-10,15H,1H3,(H,16,17). The Labute approximate surface area is 106 Å². The Bertz CT molecular complexity index is 526. The molecule has 0 aromatic heterocycles. The van der Waals surface area contributed by atoms with Crippen molar-refractivity contribution < 1.29 is 9.63 Å². The number of benzene rings is 2. The van der Waals surface area contributed by atoms with E-state index in [0.29, 0.717) is 5.56 Å². The number of anilines is 2. The summed E-state index contributed by atoms with van der Waals surface area (Å²) in [6.07, 6.45) is 0. The van der Waals surface area contributed by atoms with E-state index in [9.17, 15) is 4.79 Å². The Morgan fingerprint density at radius 3 is 2.39 bits per heavy atom. The van der Waals surface area contributed by atoms with Crippen LogP contribution in [0.15, 0.2) is 54.6 Å². The first-order chi connectivity index (χ1) is 8.81. The lowest BCUT2D eigenvalue weighted by Crippen LogP contribution is -2.22. The average molecular weight is 242 g/mol. The molecule has 2 N–H and O–H groups in total. The monoisotopic (exact) mass is 242 g/mol. The van der Waals surface area contributed by atoms with Crippen LogP contribution >= 0.6 is 0 Å². The number of nitrogens with one attached hydrogen (secondary N) is 2. The molecule has 0 aliphatic carbocycles. The Balaban J connectivity index is 2.25. The van der Waals surface area contributed by atoms with Gasteiger partial charge in [0.25, 0.3) is 5.91 Å². The lowest BCUT2D eigenvalue weighted by atomic mass is 10.1. The Hall–Kier alpha value is -2.33. The van der Waals surface area contributed by atoms with Gasteiger partial charge in [-0.05, 0) is 24.3 Å². The lowest BCUT2D eigenvalue weighted by Gasteiger charge is -2.11. The summed E-state index contributed by atoms with van der Waals surface area (Å²) in [6.45, 7) is 0. The second kappa shape index (κ2) is 5.84. The number of hydrogen-bond donors (Lipinski definition) is 2. The maximum absolute atomic E-state index is 11.8. The highest BCUT2D eigenvalue weighted by Gasteiger charge is 2.10. The fraction of sp³-hybridized carbons (Fsp3) is 0.0714. The minimum atomic E-state index is -0.281. The molecule has 0 saturated heterocycles. The zero-order valence-corrected chi connectivity index (χ0v) is 10.0. The molecule has 92 valence electrons. The third-order valence-electron chi connectivity index (χ3n) is 2.42. The summed E-state index contributed by atoms with van der Waals surface area (Å²) in [5.74, 6) is -0.281. The minimum Gasteiger partial charge on any atom is -0.355 e. The van der Waals surface area contributed by atoms with Crippen molar-refractivity contribution in [1.82, 2.24) is 5.48 Å². The van der Waals surface area contributed by atoms with E-state index in [2.05, 4.69) is 15.6 Å². The van der Waals surface area contributed by atoms with Crippen molar-refractivity contribution in [2.45, 2.75) is 0 Å². The van der Waals surface area contributed by atoms with Crippen molar-refractivity contribution in [2.24, 2.45) is 0 Å². The van der Waals surface area contributed by atoms with Crippen LogP contribution in [-0.2, 0) is 4.84 Å². The highest BCUT2D eigenvalue weighted by Crippen LogP contribution is 2.20. The summed E-state index contributed by atoms with van der Waals surface area (Å²) in [4.78, 5) is 16.4. The van der Waals surface area contributed by atoms with Gasteiger partial charge < -0.3 is 5.32 Å². The second-order valence-electron chi connectivity index (χ2n) is 3.67. The van der Waals surface area contributed by atoms with Crippen molar-refractivity contribution >= 4 is 17.3 Å². The fourth-order valence-electron chi connectivity index (χ4n) is 1.61. The van der Waals surface area contributed by atoms with Gasteiger partial charge in [-0.15, -0.1) is 0 Å². The molecule has 0 atom stereocenters. The second-order valence-corrected chi connectivity index (χ2v) is 3.67. The minimum absolute atomic E-state index is 0.281. The van der Waals surface area contributed by atoms with Gasteiger partial charge in [-0.2, -0.15) is 0 Å². The van der Waals surface area contributed by atoms with E-state index >= 15 is 0 Å². The van der Waals surface area contributed by atoms with Gasteiger partial charge in [0, 0.05) is 5.69 Å². The Morgan fingerprint density at radius 1 is 1.00 bits per heavy atom.